The Morgan fingerprint density at radius 1 is 1.24 bits per heavy atom. The maximum absolute atomic E-state index is 12.6. The van der Waals surface area contributed by atoms with Crippen LogP contribution in [0.4, 0.5) is 11.4 Å². The molecule has 152 valence electrons. The number of carbonyl (C=O) groups excluding carboxylic acids is 1. The number of hydrogen-bond acceptors (Lipinski definition) is 6. The topological polar surface area (TPSA) is 83.3 Å². The van der Waals surface area contributed by atoms with Crippen LogP contribution >= 0.6 is 11.3 Å². The van der Waals surface area contributed by atoms with Crippen molar-refractivity contribution in [1.82, 2.24) is 15.6 Å². The summed E-state index contributed by atoms with van der Waals surface area (Å²) in [5.74, 6) is -0.127. The van der Waals surface area contributed by atoms with Gasteiger partial charge in [-0.05, 0) is 55.7 Å². The number of nitrogens with two attached hydrogens (primary N) is 1. The summed E-state index contributed by atoms with van der Waals surface area (Å²) < 4.78 is 0. The Labute approximate surface area is 175 Å². The first kappa shape index (κ1) is 19.7. The zero-order valence-corrected chi connectivity index (χ0v) is 17.7. The van der Waals surface area contributed by atoms with E-state index in [2.05, 4.69) is 45.6 Å². The van der Waals surface area contributed by atoms with Gasteiger partial charge in [-0.2, -0.15) is 0 Å². The summed E-state index contributed by atoms with van der Waals surface area (Å²) in [4.78, 5) is 20.9. The maximum atomic E-state index is 12.6. The van der Waals surface area contributed by atoms with Crippen molar-refractivity contribution in [2.45, 2.75) is 20.3 Å². The molecule has 3 heterocycles. The van der Waals surface area contributed by atoms with Crippen molar-refractivity contribution in [3.05, 3.63) is 52.0 Å². The highest BCUT2D eigenvalue weighted by atomic mass is 32.1. The number of piperazine rings is 1. The quantitative estimate of drug-likeness (QED) is 0.604. The third-order valence-corrected chi connectivity index (χ3v) is 6.54. The molecule has 4 N–H and O–H groups in total. The monoisotopic (exact) mass is 409 g/mol. The lowest BCUT2D eigenvalue weighted by molar-refractivity contribution is 0.0959. The van der Waals surface area contributed by atoms with E-state index in [1.807, 2.05) is 19.1 Å². The standard InChI is InChI=1S/C22H27N5OS/c1-14-13-17(27-11-9-24-10-12-27)5-4-16(14)7-8-25-21(28)20-19(23)18-6-3-15(2)26-22(18)29-20/h3-6,13,24H,7-12,23H2,1-2H3,(H,25,28). The number of aryl methyl sites for hydroxylation is 2. The van der Waals surface area contributed by atoms with E-state index in [9.17, 15) is 4.79 Å². The van der Waals surface area contributed by atoms with E-state index in [4.69, 9.17) is 5.73 Å². The second-order valence-corrected chi connectivity index (χ2v) is 8.50. The number of nitrogens with zero attached hydrogens (tertiary/aromatic N) is 2. The molecule has 1 aliphatic heterocycles. The predicted octanol–water partition coefficient (Wildman–Crippen LogP) is 2.88. The molecule has 1 amide bonds. The van der Waals surface area contributed by atoms with Crippen molar-refractivity contribution in [1.29, 1.82) is 0 Å². The Hall–Kier alpha value is -2.64. The molecule has 6 nitrogen and oxygen atoms in total. The lowest BCUT2D eigenvalue weighted by Crippen LogP contribution is -2.43. The number of carbonyl (C=O) groups is 1. The van der Waals surface area contributed by atoms with Crippen molar-refractivity contribution in [3.63, 3.8) is 0 Å². The van der Waals surface area contributed by atoms with Gasteiger partial charge in [0.2, 0.25) is 0 Å². The molecule has 0 spiro atoms. The summed E-state index contributed by atoms with van der Waals surface area (Å²) >= 11 is 1.35. The van der Waals surface area contributed by atoms with Crippen LogP contribution in [0, 0.1) is 13.8 Å². The van der Waals surface area contributed by atoms with Gasteiger partial charge in [-0.1, -0.05) is 6.07 Å². The van der Waals surface area contributed by atoms with Gasteiger partial charge >= 0.3 is 0 Å². The minimum absolute atomic E-state index is 0.127. The average molecular weight is 410 g/mol. The molecule has 0 atom stereocenters. The van der Waals surface area contributed by atoms with Gasteiger partial charge in [0.05, 0.1) is 5.69 Å². The Bertz CT molecular complexity index is 1040. The van der Waals surface area contributed by atoms with Gasteiger partial charge < -0.3 is 21.3 Å². The number of fused-ring (bicyclic) bond motifs is 1. The number of rotatable bonds is 5. The number of aromatic nitrogens is 1. The highest BCUT2D eigenvalue weighted by Crippen LogP contribution is 2.32. The second-order valence-electron chi connectivity index (χ2n) is 7.50. The lowest BCUT2D eigenvalue weighted by atomic mass is 10.0. The first-order chi connectivity index (χ1) is 14.0. The van der Waals surface area contributed by atoms with E-state index < -0.39 is 0 Å². The fourth-order valence-corrected chi connectivity index (χ4v) is 4.79. The maximum Gasteiger partial charge on any atom is 0.263 e. The minimum atomic E-state index is -0.127. The van der Waals surface area contributed by atoms with Gasteiger partial charge in [-0.25, -0.2) is 4.98 Å². The number of benzene rings is 1. The fourth-order valence-electron chi connectivity index (χ4n) is 3.73. The van der Waals surface area contributed by atoms with Gasteiger partial charge in [0.1, 0.15) is 9.71 Å². The number of nitrogen functional groups attached to an aromatic ring is 1. The van der Waals surface area contributed by atoms with Crippen LogP contribution in [0.5, 0.6) is 0 Å². The highest BCUT2D eigenvalue weighted by molar-refractivity contribution is 7.21. The van der Waals surface area contributed by atoms with Crippen molar-refractivity contribution >= 4 is 38.8 Å². The molecular formula is C22H27N5OS. The molecule has 4 rings (SSSR count). The van der Waals surface area contributed by atoms with E-state index in [0.29, 0.717) is 17.1 Å². The number of nitrogens with one attached hydrogen (secondary N) is 2. The third kappa shape index (κ3) is 4.21. The molecule has 7 heteroatoms. The van der Waals surface area contributed by atoms with E-state index in [1.54, 1.807) is 0 Å². The zero-order chi connectivity index (χ0) is 20.4. The van der Waals surface area contributed by atoms with Crippen LogP contribution in [-0.2, 0) is 6.42 Å². The third-order valence-electron chi connectivity index (χ3n) is 5.43. The van der Waals surface area contributed by atoms with Crippen LogP contribution in [-0.4, -0.2) is 43.6 Å². The molecule has 1 aliphatic rings. The summed E-state index contributed by atoms with van der Waals surface area (Å²) in [5, 5.41) is 7.25. The molecule has 0 saturated carbocycles. The van der Waals surface area contributed by atoms with Crippen LogP contribution in [0.1, 0.15) is 26.5 Å². The van der Waals surface area contributed by atoms with Crippen molar-refractivity contribution in [2.75, 3.05) is 43.4 Å². The number of anilines is 2. The van der Waals surface area contributed by atoms with Gasteiger partial charge in [0.15, 0.2) is 0 Å². The summed E-state index contributed by atoms with van der Waals surface area (Å²) in [6.45, 7) is 8.80. The molecule has 0 aliphatic carbocycles. The second kappa shape index (κ2) is 8.39. The van der Waals surface area contributed by atoms with Crippen molar-refractivity contribution < 1.29 is 4.79 Å². The van der Waals surface area contributed by atoms with Crippen molar-refractivity contribution in [3.8, 4) is 0 Å². The van der Waals surface area contributed by atoms with E-state index >= 15 is 0 Å². The first-order valence-corrected chi connectivity index (χ1v) is 10.8. The summed E-state index contributed by atoms with van der Waals surface area (Å²) in [5.41, 5.74) is 11.4. The Kier molecular flexibility index (Phi) is 5.69. The molecule has 29 heavy (non-hydrogen) atoms. The highest BCUT2D eigenvalue weighted by Gasteiger charge is 2.17. The number of amides is 1. The zero-order valence-electron chi connectivity index (χ0n) is 16.9. The van der Waals surface area contributed by atoms with Crippen LogP contribution in [0.2, 0.25) is 0 Å². The van der Waals surface area contributed by atoms with Crippen LogP contribution in [0.15, 0.2) is 30.3 Å². The number of pyridine rings is 1. The molecule has 0 bridgehead atoms. The van der Waals surface area contributed by atoms with Gasteiger partial charge in [0, 0.05) is 49.5 Å². The smallest absolute Gasteiger partial charge is 0.263 e. The Balaban J connectivity index is 1.38. The van der Waals surface area contributed by atoms with Gasteiger partial charge in [0.25, 0.3) is 5.91 Å². The van der Waals surface area contributed by atoms with Gasteiger partial charge in [-0.3, -0.25) is 4.79 Å². The number of hydrogen-bond donors (Lipinski definition) is 3. The van der Waals surface area contributed by atoms with Crippen LogP contribution in [0.25, 0.3) is 10.2 Å². The average Bonchev–Trinajstić information content (AvgIpc) is 3.05. The summed E-state index contributed by atoms with van der Waals surface area (Å²) in [6.07, 6.45) is 0.793. The van der Waals surface area contributed by atoms with Crippen LogP contribution in [0.3, 0.4) is 0 Å². The molecule has 1 saturated heterocycles. The Morgan fingerprint density at radius 3 is 2.79 bits per heavy atom. The molecule has 3 aromatic rings. The number of thiophene rings is 1. The molecule has 1 aromatic carbocycles. The van der Waals surface area contributed by atoms with Crippen molar-refractivity contribution in [2.24, 2.45) is 0 Å². The Morgan fingerprint density at radius 2 is 2.03 bits per heavy atom. The molecular weight excluding hydrogens is 382 g/mol. The van der Waals surface area contributed by atoms with Crippen LogP contribution < -0.4 is 21.3 Å². The predicted molar refractivity (Wildman–Crippen MR) is 121 cm³/mol. The van der Waals surface area contributed by atoms with E-state index in [1.165, 1.54) is 28.2 Å². The van der Waals surface area contributed by atoms with Gasteiger partial charge in [-0.15, -0.1) is 11.3 Å². The first-order valence-electron chi connectivity index (χ1n) is 10.0. The van der Waals surface area contributed by atoms with E-state index in [-0.39, 0.29) is 5.91 Å². The SMILES string of the molecule is Cc1ccc2c(N)c(C(=O)NCCc3ccc(N4CCNCC4)cc3C)sc2n1. The fraction of sp³-hybridized carbons (Fsp3) is 0.364. The molecule has 0 radical (unpaired) electrons. The largest absolute Gasteiger partial charge is 0.397 e. The summed E-state index contributed by atoms with van der Waals surface area (Å²) in [6, 6.07) is 10.5. The molecule has 0 unspecified atom stereocenters. The lowest BCUT2D eigenvalue weighted by Gasteiger charge is -2.30. The molecule has 2 aromatic heterocycles. The molecule has 1 fully saturated rings. The normalized spacial score (nSPS) is 14.3. The van der Waals surface area contributed by atoms with E-state index in [0.717, 1.165) is 48.5 Å². The minimum Gasteiger partial charge on any atom is -0.397 e. The summed E-state index contributed by atoms with van der Waals surface area (Å²) in [7, 11) is 0.